The number of rotatable bonds is 12. The fraction of sp³-hybridized carbons (Fsp3) is 0.423. The van der Waals surface area contributed by atoms with Gasteiger partial charge in [-0.1, -0.05) is 5.11 Å². The Morgan fingerprint density at radius 2 is 1.82 bits per heavy atom. The summed E-state index contributed by atoms with van der Waals surface area (Å²) in [5, 5.41) is 6.05. The number of azide groups is 1. The first-order valence-corrected chi connectivity index (χ1v) is 12.2. The molecule has 4 rings (SSSR count). The summed E-state index contributed by atoms with van der Waals surface area (Å²) in [5.41, 5.74) is 8.34. The molecule has 1 aliphatic heterocycles. The minimum absolute atomic E-state index is 0.190. The number of carbonyl (C=O) groups is 3. The van der Waals surface area contributed by atoms with Crippen LogP contribution in [0.2, 0.25) is 0 Å². The van der Waals surface area contributed by atoms with E-state index in [-0.39, 0.29) is 49.5 Å². The van der Waals surface area contributed by atoms with Crippen LogP contribution in [0.4, 0.5) is 4.39 Å². The molecule has 11 nitrogen and oxygen atoms in total. The highest BCUT2D eigenvalue weighted by Crippen LogP contribution is 2.59. The van der Waals surface area contributed by atoms with Crippen LogP contribution in [-0.4, -0.2) is 67.7 Å². The molecule has 0 radical (unpaired) electrons. The second-order valence-electron chi connectivity index (χ2n) is 9.13. The van der Waals surface area contributed by atoms with Crippen molar-refractivity contribution in [3.8, 4) is 11.5 Å². The number of piperidine rings is 1. The van der Waals surface area contributed by atoms with Crippen molar-refractivity contribution in [1.29, 1.82) is 0 Å². The van der Waals surface area contributed by atoms with E-state index in [1.165, 1.54) is 29.2 Å². The van der Waals surface area contributed by atoms with Crippen LogP contribution in [0.5, 0.6) is 11.5 Å². The fourth-order valence-corrected chi connectivity index (χ4v) is 4.72. The van der Waals surface area contributed by atoms with Crippen LogP contribution in [-0.2, 0) is 19.1 Å². The van der Waals surface area contributed by atoms with Gasteiger partial charge >= 0.3 is 5.97 Å². The Morgan fingerprint density at radius 1 is 1.13 bits per heavy atom. The Morgan fingerprint density at radius 3 is 2.47 bits per heavy atom. The fourth-order valence-electron chi connectivity index (χ4n) is 4.72. The summed E-state index contributed by atoms with van der Waals surface area (Å²) in [6, 6.07) is 10.9. The van der Waals surface area contributed by atoms with Crippen LogP contribution >= 0.6 is 0 Å². The topological polar surface area (TPSA) is 143 Å². The van der Waals surface area contributed by atoms with E-state index in [1.807, 2.05) is 0 Å². The van der Waals surface area contributed by atoms with Crippen molar-refractivity contribution in [2.45, 2.75) is 31.8 Å². The zero-order chi connectivity index (χ0) is 27.1. The molecule has 2 fully saturated rings. The second-order valence-corrected chi connectivity index (χ2v) is 9.13. The van der Waals surface area contributed by atoms with E-state index >= 15 is 0 Å². The number of carbonyl (C=O) groups excluding carboxylic acids is 3. The van der Waals surface area contributed by atoms with E-state index < -0.39 is 17.9 Å². The smallest absolute Gasteiger partial charge is 0.328 e. The Kier molecular flexibility index (Phi) is 8.45. The molecule has 1 saturated heterocycles. The van der Waals surface area contributed by atoms with E-state index in [0.29, 0.717) is 36.5 Å². The van der Waals surface area contributed by atoms with Crippen molar-refractivity contribution in [3.05, 3.63) is 70.4 Å². The molecule has 0 unspecified atom stereocenters. The molecule has 200 valence electrons. The molecule has 0 aromatic heterocycles. The number of benzene rings is 2. The summed E-state index contributed by atoms with van der Waals surface area (Å²) in [4.78, 5) is 42.6. The van der Waals surface area contributed by atoms with E-state index in [9.17, 15) is 18.8 Å². The first-order valence-electron chi connectivity index (χ1n) is 12.2. The van der Waals surface area contributed by atoms with Crippen molar-refractivity contribution in [2.24, 2.45) is 10.5 Å². The standard InChI is InChI=1S/C26H28FN5O6/c1-2-37-25(35)21-13-26(16-36-12-11-30-31-28)14-22(26)32(21)23(33)15-29-24(34)17-3-7-19(8-4-17)38-20-9-5-18(27)6-10-20/h3-10,21-22H,2,11-16H2,1H3,(H,29,34)/t21-,22-,26+/m0/s1. The molecule has 38 heavy (non-hydrogen) atoms. The van der Waals surface area contributed by atoms with Crippen LogP contribution in [0.3, 0.4) is 0 Å². The van der Waals surface area contributed by atoms with Gasteiger partial charge in [-0.15, -0.1) is 0 Å². The van der Waals surface area contributed by atoms with Crippen molar-refractivity contribution in [1.82, 2.24) is 10.2 Å². The minimum Gasteiger partial charge on any atom is -0.464 e. The van der Waals surface area contributed by atoms with Crippen LogP contribution in [0.15, 0.2) is 53.6 Å². The lowest BCUT2D eigenvalue weighted by Gasteiger charge is -2.26. The van der Waals surface area contributed by atoms with E-state index in [0.717, 1.165) is 0 Å². The molecule has 3 atom stereocenters. The molecule has 0 spiro atoms. The lowest BCUT2D eigenvalue weighted by molar-refractivity contribution is -0.153. The van der Waals surface area contributed by atoms with Gasteiger partial charge in [0.1, 0.15) is 23.4 Å². The van der Waals surface area contributed by atoms with Crippen LogP contribution < -0.4 is 10.1 Å². The number of fused-ring (bicyclic) bond motifs is 1. The van der Waals surface area contributed by atoms with Crippen molar-refractivity contribution < 1.29 is 33.0 Å². The first-order chi connectivity index (χ1) is 18.4. The number of likely N-dealkylation sites (tertiary alicyclic amines) is 1. The summed E-state index contributed by atoms with van der Waals surface area (Å²) in [6.45, 7) is 2.39. The normalized spacial score (nSPS) is 21.2. The van der Waals surface area contributed by atoms with Gasteiger partial charge in [0, 0.05) is 28.5 Å². The Balaban J connectivity index is 1.33. The zero-order valence-electron chi connectivity index (χ0n) is 20.8. The Hall–Kier alpha value is -4.15. The summed E-state index contributed by atoms with van der Waals surface area (Å²) < 4.78 is 29.5. The van der Waals surface area contributed by atoms with Crippen molar-refractivity contribution in [2.75, 3.05) is 32.9 Å². The third-order valence-electron chi connectivity index (χ3n) is 6.62. The molecule has 2 aromatic carbocycles. The largest absolute Gasteiger partial charge is 0.464 e. The predicted octanol–water partition coefficient (Wildman–Crippen LogP) is 3.60. The van der Waals surface area contributed by atoms with Gasteiger partial charge in [0.2, 0.25) is 5.91 Å². The molecule has 2 aliphatic rings. The lowest BCUT2D eigenvalue weighted by Crippen LogP contribution is -2.48. The molecule has 1 N–H and O–H groups in total. The van der Waals surface area contributed by atoms with Crippen molar-refractivity contribution in [3.63, 3.8) is 0 Å². The highest BCUT2D eigenvalue weighted by molar-refractivity contribution is 5.97. The third-order valence-corrected chi connectivity index (χ3v) is 6.62. The van der Waals surface area contributed by atoms with Gasteiger partial charge in [-0.05, 0) is 73.8 Å². The number of nitrogens with zero attached hydrogens (tertiary/aromatic N) is 4. The summed E-state index contributed by atoms with van der Waals surface area (Å²) in [7, 11) is 0. The number of hydrogen-bond acceptors (Lipinski definition) is 7. The molecule has 12 heteroatoms. The molecular formula is C26H28FN5O6. The molecule has 2 aromatic rings. The van der Waals surface area contributed by atoms with E-state index in [1.54, 1.807) is 31.2 Å². The van der Waals surface area contributed by atoms with Crippen LogP contribution in [0.1, 0.15) is 30.1 Å². The van der Waals surface area contributed by atoms with Gasteiger partial charge in [-0.25, -0.2) is 9.18 Å². The Labute approximate surface area is 218 Å². The van der Waals surface area contributed by atoms with Crippen LogP contribution in [0, 0.1) is 11.2 Å². The highest BCUT2D eigenvalue weighted by Gasteiger charge is 2.67. The minimum atomic E-state index is -0.748. The number of hydrogen-bond donors (Lipinski definition) is 1. The molecular weight excluding hydrogens is 497 g/mol. The van der Waals surface area contributed by atoms with E-state index in [4.69, 9.17) is 19.7 Å². The van der Waals surface area contributed by atoms with Crippen molar-refractivity contribution >= 4 is 17.8 Å². The summed E-state index contributed by atoms with van der Waals surface area (Å²) in [5.74, 6) is -0.777. The molecule has 1 aliphatic carbocycles. The molecule has 1 saturated carbocycles. The predicted molar refractivity (Wildman–Crippen MR) is 133 cm³/mol. The lowest BCUT2D eigenvalue weighted by atomic mass is 10.0. The highest BCUT2D eigenvalue weighted by atomic mass is 19.1. The molecule has 0 bridgehead atoms. The maximum absolute atomic E-state index is 13.1. The van der Waals surface area contributed by atoms with Crippen LogP contribution in [0.25, 0.3) is 10.4 Å². The van der Waals surface area contributed by atoms with Gasteiger partial charge in [0.05, 0.1) is 26.4 Å². The number of amides is 2. The molecule has 1 heterocycles. The number of esters is 1. The maximum Gasteiger partial charge on any atom is 0.328 e. The molecule has 2 amide bonds. The van der Waals surface area contributed by atoms with E-state index in [2.05, 4.69) is 15.3 Å². The van der Waals surface area contributed by atoms with Gasteiger partial charge in [-0.3, -0.25) is 9.59 Å². The van der Waals surface area contributed by atoms with Gasteiger partial charge in [0.15, 0.2) is 0 Å². The summed E-state index contributed by atoms with van der Waals surface area (Å²) >= 11 is 0. The average molecular weight is 526 g/mol. The van der Waals surface area contributed by atoms with Gasteiger partial charge in [0.25, 0.3) is 5.91 Å². The van der Waals surface area contributed by atoms with Gasteiger partial charge < -0.3 is 24.4 Å². The third kappa shape index (κ3) is 6.21. The average Bonchev–Trinajstić information content (AvgIpc) is 3.52. The first kappa shape index (κ1) is 26.9. The number of halogens is 1. The SMILES string of the molecule is CCOC(=O)[C@@H]1C[C@]2(COCCN=[N+]=[N-])C[C@@H]2N1C(=O)CNC(=O)c1ccc(Oc2ccc(F)cc2)cc1. The maximum atomic E-state index is 13.1. The summed E-state index contributed by atoms with van der Waals surface area (Å²) in [6.07, 6.45) is 1.09. The quantitative estimate of drug-likeness (QED) is 0.147. The van der Waals surface area contributed by atoms with Gasteiger partial charge in [-0.2, -0.15) is 0 Å². The second kappa shape index (κ2) is 11.9. The number of nitrogens with one attached hydrogen (secondary N) is 1. The monoisotopic (exact) mass is 525 g/mol. The Bertz CT molecular complexity index is 1220. The zero-order valence-corrected chi connectivity index (χ0v) is 20.8. The number of ether oxygens (including phenoxy) is 3.